The summed E-state index contributed by atoms with van der Waals surface area (Å²) >= 11 is 0. The number of rotatable bonds is 4. The third-order valence-corrected chi connectivity index (χ3v) is 2.47. The average molecular weight is 246 g/mol. The highest BCUT2D eigenvalue weighted by atomic mass is 31.1. The molecular weight excluding hydrogens is 239 g/mol. The fourth-order valence-corrected chi connectivity index (χ4v) is 1.60. The summed E-state index contributed by atoms with van der Waals surface area (Å²) in [6.45, 7) is 0. The molecule has 2 aliphatic rings. The van der Waals surface area contributed by atoms with Gasteiger partial charge < -0.3 is 0 Å². The molecule has 0 fully saturated rings. The first kappa shape index (κ1) is 11.1. The van der Waals surface area contributed by atoms with Gasteiger partial charge in [-0.25, -0.2) is 0 Å². The average Bonchev–Trinajstić information content (AvgIpc) is 2.75. The topological polar surface area (TPSA) is 162 Å². The maximum absolute atomic E-state index is 11.4. The Kier molecular flexibility index (Phi) is 2.69. The molecule has 0 aromatic rings. The summed E-state index contributed by atoms with van der Waals surface area (Å²) in [5, 5.41) is 19.9. The Balaban J connectivity index is 1.95. The molecule has 0 radical (unpaired) electrons. The van der Waals surface area contributed by atoms with Crippen molar-refractivity contribution < 1.29 is 13.6 Å². The van der Waals surface area contributed by atoms with Crippen LogP contribution in [0.15, 0.2) is 30.9 Å². The van der Waals surface area contributed by atoms with Crippen molar-refractivity contribution in [2.24, 2.45) is 42.3 Å². The molecule has 0 saturated carbocycles. The van der Waals surface area contributed by atoms with Crippen molar-refractivity contribution in [2.45, 2.75) is 11.7 Å². The van der Waals surface area contributed by atoms with E-state index in [1.807, 2.05) is 0 Å². The second-order valence-electron chi connectivity index (χ2n) is 2.83. The maximum atomic E-state index is 11.4. The van der Waals surface area contributed by atoms with E-state index in [4.69, 9.17) is 20.5 Å². The molecule has 16 heavy (non-hydrogen) atoms. The van der Waals surface area contributed by atoms with Crippen molar-refractivity contribution in [1.82, 2.24) is 0 Å². The normalized spacial score (nSPS) is 37.4. The van der Waals surface area contributed by atoms with Gasteiger partial charge in [0.05, 0.1) is 0 Å². The second-order valence-corrected chi connectivity index (χ2v) is 3.73. The van der Waals surface area contributed by atoms with E-state index < -0.39 is 20.0 Å². The molecule has 0 bridgehead atoms. The molecule has 0 spiro atoms. The van der Waals surface area contributed by atoms with Gasteiger partial charge in [0.15, 0.2) is 0 Å². The van der Waals surface area contributed by atoms with Crippen LogP contribution in [0.4, 0.5) is 0 Å². The van der Waals surface area contributed by atoms with E-state index in [1.54, 1.807) is 0 Å². The first-order valence-corrected chi connectivity index (χ1v) is 5.16. The van der Waals surface area contributed by atoms with Crippen molar-refractivity contribution in [2.75, 3.05) is 0 Å². The first-order chi connectivity index (χ1) is 7.52. The third-order valence-electron chi connectivity index (χ3n) is 1.48. The van der Waals surface area contributed by atoms with E-state index in [9.17, 15) is 4.57 Å². The summed E-state index contributed by atoms with van der Waals surface area (Å²) in [4.78, 5) is 0. The molecule has 2 atom stereocenters. The van der Waals surface area contributed by atoms with E-state index in [0.717, 1.165) is 12.4 Å². The molecule has 4 N–H and O–H groups in total. The second kappa shape index (κ2) is 3.88. The lowest BCUT2D eigenvalue weighted by Gasteiger charge is -2.19. The van der Waals surface area contributed by atoms with Crippen LogP contribution in [0.5, 0.6) is 0 Å². The van der Waals surface area contributed by atoms with Crippen LogP contribution < -0.4 is 11.5 Å². The van der Waals surface area contributed by atoms with Gasteiger partial charge >= 0.3 is 8.25 Å². The summed E-state index contributed by atoms with van der Waals surface area (Å²) in [5.74, 6) is -3.39. The fraction of sp³-hybridized carbons (Fsp3) is 0.500. The molecule has 12 heteroatoms. The molecule has 0 aromatic heterocycles. The molecule has 0 aliphatic carbocycles. The van der Waals surface area contributed by atoms with Crippen LogP contribution in [-0.4, -0.2) is 24.1 Å². The molecule has 11 nitrogen and oxygen atoms in total. The van der Waals surface area contributed by atoms with Crippen molar-refractivity contribution in [3.63, 3.8) is 0 Å². The van der Waals surface area contributed by atoms with Gasteiger partial charge in [0, 0.05) is 0 Å². The molecule has 0 saturated heterocycles. The lowest BCUT2D eigenvalue weighted by atomic mass is 10.5. The largest absolute Gasteiger partial charge is 0.326 e. The summed E-state index contributed by atoms with van der Waals surface area (Å²) in [5.41, 5.74) is 10.9. The van der Waals surface area contributed by atoms with E-state index >= 15 is 0 Å². The van der Waals surface area contributed by atoms with Gasteiger partial charge in [-0.1, -0.05) is 0 Å². The Morgan fingerprint density at radius 1 is 1.00 bits per heavy atom. The number of nitrogens with two attached hydrogens (primary N) is 2. The molecule has 2 rings (SSSR count). The molecular formula is C4H7N8O3P. The lowest BCUT2D eigenvalue weighted by molar-refractivity contribution is 0.0905. The quantitative estimate of drug-likeness (QED) is 0.505. The van der Waals surface area contributed by atoms with Crippen LogP contribution in [0.1, 0.15) is 0 Å². The standard InChI is InChI=1S/C4H7N8O3P/c5-3(1-7-11-9-3)14-16(13)15-4(6)2-8-12-10-4/h1-2,16H,5-6H2. The van der Waals surface area contributed by atoms with Crippen LogP contribution in [0.2, 0.25) is 0 Å². The number of hydrogen-bond donors (Lipinski definition) is 2. The van der Waals surface area contributed by atoms with Crippen LogP contribution in [0.25, 0.3) is 0 Å². The Hall–Kier alpha value is -1.39. The zero-order chi connectivity index (χ0) is 11.6. The first-order valence-electron chi connectivity index (χ1n) is 3.94. The minimum Gasteiger partial charge on any atom is -0.277 e. The van der Waals surface area contributed by atoms with Gasteiger partial charge in [-0.15, -0.1) is 20.4 Å². The van der Waals surface area contributed by atoms with Crippen LogP contribution in [0, 0.1) is 0 Å². The van der Waals surface area contributed by atoms with E-state index in [2.05, 4.69) is 30.9 Å². The Morgan fingerprint density at radius 3 is 1.75 bits per heavy atom. The highest BCUT2D eigenvalue weighted by Gasteiger charge is 2.35. The monoisotopic (exact) mass is 246 g/mol. The Morgan fingerprint density at radius 2 is 1.44 bits per heavy atom. The van der Waals surface area contributed by atoms with Crippen molar-refractivity contribution in [1.29, 1.82) is 0 Å². The van der Waals surface area contributed by atoms with E-state index in [1.165, 1.54) is 0 Å². The third kappa shape index (κ3) is 2.40. The summed E-state index contributed by atoms with van der Waals surface area (Å²) < 4.78 is 21.0. The lowest BCUT2D eigenvalue weighted by Crippen LogP contribution is -2.42. The SMILES string of the molecule is NC1(O[PH](=O)OC2(N)C=NN=N2)C=NN=N1. The van der Waals surface area contributed by atoms with Crippen molar-refractivity contribution >= 4 is 20.7 Å². The van der Waals surface area contributed by atoms with Crippen LogP contribution >= 0.6 is 8.25 Å². The van der Waals surface area contributed by atoms with Crippen molar-refractivity contribution in [3.05, 3.63) is 0 Å². The highest BCUT2D eigenvalue weighted by molar-refractivity contribution is 7.33. The van der Waals surface area contributed by atoms with Crippen LogP contribution in [-0.2, 0) is 13.6 Å². The minimum atomic E-state index is -3.06. The predicted octanol–water partition coefficient (Wildman–Crippen LogP) is -0.463. The Bertz CT molecular complexity index is 367. The zero-order valence-electron chi connectivity index (χ0n) is 7.72. The van der Waals surface area contributed by atoms with Gasteiger partial charge in [-0.05, 0) is 10.4 Å². The fourth-order valence-electron chi connectivity index (χ4n) is 0.842. The zero-order valence-corrected chi connectivity index (χ0v) is 8.72. The predicted molar refractivity (Wildman–Crippen MR) is 51.7 cm³/mol. The van der Waals surface area contributed by atoms with E-state index in [-0.39, 0.29) is 0 Å². The smallest absolute Gasteiger partial charge is 0.277 e. The van der Waals surface area contributed by atoms with Crippen molar-refractivity contribution in [3.8, 4) is 0 Å². The van der Waals surface area contributed by atoms with Gasteiger partial charge in [0.25, 0.3) is 11.7 Å². The summed E-state index contributed by atoms with van der Waals surface area (Å²) in [6, 6.07) is 0. The van der Waals surface area contributed by atoms with Crippen LogP contribution in [0.3, 0.4) is 0 Å². The molecule has 2 heterocycles. The van der Waals surface area contributed by atoms with E-state index in [0.29, 0.717) is 0 Å². The van der Waals surface area contributed by atoms with Gasteiger partial charge in [-0.3, -0.25) is 25.1 Å². The highest BCUT2D eigenvalue weighted by Crippen LogP contribution is 2.34. The maximum Gasteiger partial charge on any atom is 0.326 e. The summed E-state index contributed by atoms with van der Waals surface area (Å²) in [6.07, 6.45) is 2.12. The van der Waals surface area contributed by atoms with Gasteiger partial charge in [0.2, 0.25) is 0 Å². The summed E-state index contributed by atoms with van der Waals surface area (Å²) in [7, 11) is -3.06. The van der Waals surface area contributed by atoms with Gasteiger partial charge in [0.1, 0.15) is 12.4 Å². The minimum absolute atomic E-state index is 1.06. The molecule has 2 aliphatic heterocycles. The molecule has 0 aromatic carbocycles. The van der Waals surface area contributed by atoms with Gasteiger partial charge in [-0.2, -0.15) is 0 Å². The number of nitrogens with zero attached hydrogens (tertiary/aromatic N) is 6. The molecule has 86 valence electrons. The molecule has 0 amide bonds. The Labute approximate surface area is 89.2 Å². The molecule has 2 unspecified atom stereocenters. The number of hydrogen-bond acceptors (Lipinski definition) is 11.